The quantitative estimate of drug-likeness (QED) is 0.762. The largest absolute Gasteiger partial charge is 0.354 e. The van der Waals surface area contributed by atoms with Crippen molar-refractivity contribution in [3.63, 3.8) is 0 Å². The van der Waals surface area contributed by atoms with Crippen molar-refractivity contribution in [2.45, 2.75) is 18.7 Å². The molecule has 0 spiro atoms. The average Bonchev–Trinajstić information content (AvgIpc) is 3.00. The van der Waals surface area contributed by atoms with Gasteiger partial charge in [-0.2, -0.15) is 4.31 Å². The topological polar surface area (TPSA) is 68.6 Å². The van der Waals surface area contributed by atoms with Gasteiger partial charge in [-0.15, -0.1) is 0 Å². The van der Waals surface area contributed by atoms with Gasteiger partial charge in [0.1, 0.15) is 11.7 Å². The van der Waals surface area contributed by atoms with Crippen molar-refractivity contribution in [2.75, 3.05) is 32.7 Å². The molecule has 1 saturated heterocycles. The molecule has 0 saturated carbocycles. The molecule has 27 heavy (non-hydrogen) atoms. The molecular weight excluding hydrogens is 386 g/mol. The molecule has 0 bridgehead atoms. The second kappa shape index (κ2) is 7.26. The number of fused-ring (bicyclic) bond motifs is 1. The van der Waals surface area contributed by atoms with Crippen LogP contribution >= 0.6 is 11.6 Å². The van der Waals surface area contributed by atoms with E-state index in [1.807, 2.05) is 17.3 Å². The Morgan fingerprint density at radius 1 is 1.22 bits per heavy atom. The lowest BCUT2D eigenvalue weighted by atomic mass is 10.2. The summed E-state index contributed by atoms with van der Waals surface area (Å²) >= 11 is 5.96. The van der Waals surface area contributed by atoms with Crippen molar-refractivity contribution >= 4 is 33.8 Å². The van der Waals surface area contributed by atoms with Gasteiger partial charge in [0.15, 0.2) is 0 Å². The lowest BCUT2D eigenvalue weighted by Gasteiger charge is -2.36. The van der Waals surface area contributed by atoms with Crippen LogP contribution in [-0.2, 0) is 15.8 Å². The van der Waals surface area contributed by atoms with Crippen LogP contribution in [0.2, 0.25) is 5.02 Å². The van der Waals surface area contributed by atoms with E-state index in [1.54, 1.807) is 28.6 Å². The SMILES string of the molecule is C[C@H]1CN2C=NC(N3CCN(S(=O)(=O)Cc4cccc(Cl)c4)CC3)=CC2=N1. The average molecular weight is 408 g/mol. The zero-order valence-electron chi connectivity index (χ0n) is 15.1. The number of piperazine rings is 1. The molecule has 1 atom stereocenters. The first kappa shape index (κ1) is 18.5. The molecule has 1 aromatic carbocycles. The molecule has 4 rings (SSSR count). The predicted octanol–water partition coefficient (Wildman–Crippen LogP) is 1.77. The molecule has 7 nitrogen and oxygen atoms in total. The Labute approximate surface area is 164 Å². The molecular formula is C18H22ClN5O2S. The number of nitrogens with zero attached hydrogens (tertiary/aromatic N) is 5. The maximum atomic E-state index is 12.7. The summed E-state index contributed by atoms with van der Waals surface area (Å²) in [6.45, 7) is 5.06. The minimum atomic E-state index is -3.37. The highest BCUT2D eigenvalue weighted by molar-refractivity contribution is 7.88. The lowest BCUT2D eigenvalue weighted by Crippen LogP contribution is -2.48. The fourth-order valence-electron chi connectivity index (χ4n) is 3.52. The Balaban J connectivity index is 1.39. The van der Waals surface area contributed by atoms with E-state index in [0.29, 0.717) is 36.8 Å². The third-order valence-corrected chi connectivity index (χ3v) is 6.97. The van der Waals surface area contributed by atoms with E-state index < -0.39 is 10.0 Å². The minimum absolute atomic E-state index is 0.0297. The summed E-state index contributed by atoms with van der Waals surface area (Å²) in [4.78, 5) is 13.3. The first-order valence-electron chi connectivity index (χ1n) is 8.98. The van der Waals surface area contributed by atoms with Gasteiger partial charge in [0, 0.05) is 43.8 Å². The first-order chi connectivity index (χ1) is 12.9. The fourth-order valence-corrected chi connectivity index (χ4v) is 5.24. The molecule has 3 heterocycles. The van der Waals surface area contributed by atoms with Crippen molar-refractivity contribution in [1.82, 2.24) is 14.1 Å². The van der Waals surface area contributed by atoms with Crippen LogP contribution in [0.1, 0.15) is 12.5 Å². The van der Waals surface area contributed by atoms with Crippen molar-refractivity contribution < 1.29 is 8.42 Å². The number of aliphatic imine (C=N–C) groups is 2. The highest BCUT2D eigenvalue weighted by Crippen LogP contribution is 2.21. The molecule has 3 aliphatic heterocycles. The van der Waals surface area contributed by atoms with Crippen LogP contribution in [0, 0.1) is 0 Å². The summed E-state index contributed by atoms with van der Waals surface area (Å²) in [5.41, 5.74) is 0.706. The molecule has 0 N–H and O–H groups in total. The van der Waals surface area contributed by atoms with Crippen molar-refractivity contribution in [2.24, 2.45) is 9.98 Å². The van der Waals surface area contributed by atoms with Crippen LogP contribution in [0.15, 0.2) is 46.1 Å². The smallest absolute Gasteiger partial charge is 0.218 e. The number of hydrogen-bond donors (Lipinski definition) is 0. The molecule has 0 amide bonds. The molecule has 1 aromatic rings. The van der Waals surface area contributed by atoms with Crippen molar-refractivity contribution in [3.05, 3.63) is 46.7 Å². The number of sulfonamides is 1. The summed E-state index contributed by atoms with van der Waals surface area (Å²) in [5, 5.41) is 0.549. The second-order valence-electron chi connectivity index (χ2n) is 7.01. The zero-order chi connectivity index (χ0) is 19.0. The normalized spacial score (nSPS) is 23.3. The number of rotatable bonds is 4. The maximum Gasteiger partial charge on any atom is 0.218 e. The van der Waals surface area contributed by atoms with E-state index >= 15 is 0 Å². The number of hydrogen-bond acceptors (Lipinski definition) is 6. The van der Waals surface area contributed by atoms with Crippen LogP contribution in [-0.4, -0.2) is 73.5 Å². The molecule has 144 valence electrons. The van der Waals surface area contributed by atoms with Gasteiger partial charge in [-0.3, -0.25) is 4.99 Å². The number of benzene rings is 1. The van der Waals surface area contributed by atoms with E-state index in [4.69, 9.17) is 11.6 Å². The highest BCUT2D eigenvalue weighted by atomic mass is 35.5. The third-order valence-electron chi connectivity index (χ3n) is 4.89. The van der Waals surface area contributed by atoms with Crippen LogP contribution in [0.25, 0.3) is 0 Å². The summed E-state index contributed by atoms with van der Waals surface area (Å²) in [5.74, 6) is 1.76. The molecule has 0 aliphatic carbocycles. The van der Waals surface area contributed by atoms with Crippen molar-refractivity contribution in [1.29, 1.82) is 0 Å². The van der Waals surface area contributed by atoms with E-state index in [-0.39, 0.29) is 11.8 Å². The standard InChI is InChI=1S/C18H22ClN5O2S/c1-14-11-23-13-20-17(10-18(23)21-14)22-5-7-24(8-6-22)27(25,26)12-15-3-2-4-16(19)9-15/h2-4,9-10,13-14H,5-8,11-12H2,1H3/t14-/m0/s1. The number of amidine groups is 1. The lowest BCUT2D eigenvalue weighted by molar-refractivity contribution is 0.227. The Morgan fingerprint density at radius 2 is 2.00 bits per heavy atom. The predicted molar refractivity (Wildman–Crippen MR) is 107 cm³/mol. The summed E-state index contributed by atoms with van der Waals surface area (Å²) in [6, 6.07) is 7.28. The summed E-state index contributed by atoms with van der Waals surface area (Å²) in [6.07, 6.45) is 3.81. The van der Waals surface area contributed by atoms with Crippen LogP contribution < -0.4 is 0 Å². The van der Waals surface area contributed by atoms with Gasteiger partial charge in [0.05, 0.1) is 18.1 Å². The Kier molecular flexibility index (Phi) is 4.96. The fraction of sp³-hybridized carbons (Fsp3) is 0.444. The number of halogens is 1. The first-order valence-corrected chi connectivity index (χ1v) is 11.0. The monoisotopic (exact) mass is 407 g/mol. The second-order valence-corrected chi connectivity index (χ2v) is 9.41. The molecule has 9 heteroatoms. The maximum absolute atomic E-state index is 12.7. The molecule has 3 aliphatic rings. The zero-order valence-corrected chi connectivity index (χ0v) is 16.7. The summed E-state index contributed by atoms with van der Waals surface area (Å²) < 4.78 is 27.0. The Bertz CT molecular complexity index is 919. The van der Waals surface area contributed by atoms with Gasteiger partial charge in [0.25, 0.3) is 0 Å². The minimum Gasteiger partial charge on any atom is -0.354 e. The van der Waals surface area contributed by atoms with E-state index in [0.717, 1.165) is 18.2 Å². The molecule has 0 aromatic heterocycles. The van der Waals surface area contributed by atoms with Crippen LogP contribution in [0.4, 0.5) is 0 Å². The van der Waals surface area contributed by atoms with Gasteiger partial charge < -0.3 is 9.80 Å². The van der Waals surface area contributed by atoms with Gasteiger partial charge in [-0.25, -0.2) is 13.4 Å². The molecule has 1 fully saturated rings. The van der Waals surface area contributed by atoms with E-state index in [9.17, 15) is 8.42 Å². The van der Waals surface area contributed by atoms with Gasteiger partial charge in [-0.1, -0.05) is 23.7 Å². The Morgan fingerprint density at radius 3 is 2.74 bits per heavy atom. The Hall–Kier alpha value is -1.90. The summed E-state index contributed by atoms with van der Waals surface area (Å²) in [7, 11) is -3.37. The third kappa shape index (κ3) is 4.02. The van der Waals surface area contributed by atoms with Crippen LogP contribution in [0.5, 0.6) is 0 Å². The molecule has 0 radical (unpaired) electrons. The van der Waals surface area contributed by atoms with Crippen molar-refractivity contribution in [3.8, 4) is 0 Å². The molecule has 0 unspecified atom stereocenters. The van der Waals surface area contributed by atoms with Gasteiger partial charge in [0.2, 0.25) is 10.0 Å². The highest BCUT2D eigenvalue weighted by Gasteiger charge is 2.30. The van der Waals surface area contributed by atoms with Crippen LogP contribution in [0.3, 0.4) is 0 Å². The van der Waals surface area contributed by atoms with E-state index in [2.05, 4.69) is 21.8 Å². The van der Waals surface area contributed by atoms with Gasteiger partial charge >= 0.3 is 0 Å². The van der Waals surface area contributed by atoms with Gasteiger partial charge in [-0.05, 0) is 24.6 Å². The van der Waals surface area contributed by atoms with E-state index in [1.165, 1.54) is 0 Å².